The van der Waals surface area contributed by atoms with Crippen LogP contribution in [0.3, 0.4) is 0 Å². The summed E-state index contributed by atoms with van der Waals surface area (Å²) in [5.74, 6) is -0.289. The lowest BCUT2D eigenvalue weighted by Crippen LogP contribution is -2.47. The molecule has 0 aliphatic heterocycles. The Balaban J connectivity index is 2.58. The van der Waals surface area contributed by atoms with Crippen LogP contribution in [0.5, 0.6) is 0 Å². The van der Waals surface area contributed by atoms with Gasteiger partial charge >= 0.3 is 6.09 Å². The minimum absolute atomic E-state index is 0.108. The van der Waals surface area contributed by atoms with E-state index in [1.807, 2.05) is 11.9 Å². The molecule has 1 atom stereocenters. The van der Waals surface area contributed by atoms with Crippen molar-refractivity contribution >= 4 is 11.8 Å². The molecule has 1 amide bonds. The van der Waals surface area contributed by atoms with Gasteiger partial charge in [-0.2, -0.15) is 0 Å². The average Bonchev–Trinajstić information content (AvgIpc) is 2.38. The molecule has 0 spiro atoms. The summed E-state index contributed by atoms with van der Waals surface area (Å²) in [5, 5.41) is 2.70. The molecule has 0 aliphatic carbocycles. The van der Waals surface area contributed by atoms with Gasteiger partial charge in [-0.15, -0.1) is 0 Å². The van der Waals surface area contributed by atoms with Crippen LogP contribution in [-0.4, -0.2) is 37.9 Å². The zero-order chi connectivity index (χ0) is 16.0. The van der Waals surface area contributed by atoms with Gasteiger partial charge < -0.3 is 20.7 Å². The van der Waals surface area contributed by atoms with Gasteiger partial charge in [0, 0.05) is 25.8 Å². The summed E-state index contributed by atoms with van der Waals surface area (Å²) in [4.78, 5) is 13.5. The number of nitrogens with two attached hydrogens (primary N) is 1. The fraction of sp³-hybridized carbons (Fsp3) is 0.533. The van der Waals surface area contributed by atoms with E-state index in [0.717, 1.165) is 5.69 Å². The van der Waals surface area contributed by atoms with Gasteiger partial charge in [-0.1, -0.05) is 0 Å². The van der Waals surface area contributed by atoms with Crippen molar-refractivity contribution in [3.63, 3.8) is 0 Å². The number of likely N-dealkylation sites (N-methyl/N-ethyl adjacent to an activating group) is 1. The zero-order valence-corrected chi connectivity index (χ0v) is 13.0. The molecule has 0 heterocycles. The lowest BCUT2D eigenvalue weighted by molar-refractivity contribution is 0.0525. The summed E-state index contributed by atoms with van der Waals surface area (Å²) in [5.41, 5.74) is 6.04. The molecule has 0 aromatic heterocycles. The molecule has 0 saturated heterocycles. The van der Waals surface area contributed by atoms with E-state index in [0.29, 0.717) is 13.1 Å². The molecule has 118 valence electrons. The van der Waals surface area contributed by atoms with E-state index in [1.165, 1.54) is 12.1 Å². The number of benzene rings is 1. The molecule has 0 radical (unpaired) electrons. The summed E-state index contributed by atoms with van der Waals surface area (Å²) in [6, 6.07) is 6.02. The monoisotopic (exact) mass is 297 g/mol. The van der Waals surface area contributed by atoms with Crippen molar-refractivity contribution in [1.82, 2.24) is 5.32 Å². The van der Waals surface area contributed by atoms with E-state index in [2.05, 4.69) is 5.32 Å². The minimum atomic E-state index is -0.537. The number of nitrogens with zero attached hydrogens (tertiary/aromatic N) is 1. The number of rotatable bonds is 5. The van der Waals surface area contributed by atoms with E-state index in [1.54, 1.807) is 32.9 Å². The maximum atomic E-state index is 12.9. The van der Waals surface area contributed by atoms with Gasteiger partial charge in [0.25, 0.3) is 0 Å². The minimum Gasteiger partial charge on any atom is -0.444 e. The van der Waals surface area contributed by atoms with Crippen molar-refractivity contribution in [2.75, 3.05) is 25.0 Å². The predicted octanol–water partition coefficient (Wildman–Crippen LogP) is 2.11. The Bertz CT molecular complexity index is 457. The highest BCUT2D eigenvalue weighted by atomic mass is 19.1. The molecule has 1 rings (SSSR count). The van der Waals surface area contributed by atoms with Crippen LogP contribution in [0.4, 0.5) is 14.9 Å². The topological polar surface area (TPSA) is 67.6 Å². The molecule has 1 aromatic rings. The van der Waals surface area contributed by atoms with Crippen molar-refractivity contribution in [2.45, 2.75) is 32.4 Å². The van der Waals surface area contributed by atoms with E-state index >= 15 is 0 Å². The molecule has 6 heteroatoms. The van der Waals surface area contributed by atoms with E-state index in [9.17, 15) is 9.18 Å². The number of ether oxygens (including phenoxy) is 1. The van der Waals surface area contributed by atoms with Crippen LogP contribution in [0.1, 0.15) is 20.8 Å². The Hall–Kier alpha value is -1.82. The number of halogens is 1. The van der Waals surface area contributed by atoms with Crippen LogP contribution < -0.4 is 16.0 Å². The maximum Gasteiger partial charge on any atom is 0.407 e. The first-order valence-corrected chi connectivity index (χ1v) is 6.88. The smallest absolute Gasteiger partial charge is 0.407 e. The second-order valence-electron chi connectivity index (χ2n) is 5.86. The molecular weight excluding hydrogens is 273 g/mol. The van der Waals surface area contributed by atoms with Gasteiger partial charge in [0.1, 0.15) is 11.4 Å². The molecule has 21 heavy (non-hydrogen) atoms. The summed E-state index contributed by atoms with van der Waals surface area (Å²) in [7, 11) is 1.85. The second kappa shape index (κ2) is 7.26. The van der Waals surface area contributed by atoms with E-state index < -0.39 is 11.7 Å². The van der Waals surface area contributed by atoms with Crippen LogP contribution in [0.2, 0.25) is 0 Å². The van der Waals surface area contributed by atoms with Crippen molar-refractivity contribution < 1.29 is 13.9 Å². The quantitative estimate of drug-likeness (QED) is 0.873. The van der Waals surface area contributed by atoms with Gasteiger partial charge in [0.2, 0.25) is 0 Å². The number of hydrogen-bond donors (Lipinski definition) is 2. The Morgan fingerprint density at radius 3 is 2.43 bits per heavy atom. The second-order valence-corrected chi connectivity index (χ2v) is 5.86. The third-order valence-electron chi connectivity index (χ3n) is 2.93. The van der Waals surface area contributed by atoms with E-state index in [-0.39, 0.29) is 11.9 Å². The third-order valence-corrected chi connectivity index (χ3v) is 2.93. The van der Waals surface area contributed by atoms with Crippen molar-refractivity contribution in [2.24, 2.45) is 5.73 Å². The van der Waals surface area contributed by atoms with Crippen molar-refractivity contribution in [1.29, 1.82) is 0 Å². The normalized spacial score (nSPS) is 12.7. The zero-order valence-electron chi connectivity index (χ0n) is 13.0. The average molecular weight is 297 g/mol. The number of hydrogen-bond acceptors (Lipinski definition) is 4. The molecule has 0 bridgehead atoms. The molecule has 0 saturated carbocycles. The van der Waals surface area contributed by atoms with Gasteiger partial charge in [-0.3, -0.25) is 0 Å². The highest BCUT2D eigenvalue weighted by molar-refractivity contribution is 5.67. The summed E-state index contributed by atoms with van der Waals surface area (Å²) in [6.07, 6.45) is -0.478. The standard InChI is InChI=1S/C15H24FN3O2/c1-15(2,3)21-14(20)18-10-13(9-17)19(4)12-7-5-11(16)6-8-12/h5-8,13H,9-10,17H2,1-4H3,(H,18,20). The Morgan fingerprint density at radius 2 is 1.95 bits per heavy atom. The van der Waals surface area contributed by atoms with Crippen LogP contribution in [-0.2, 0) is 4.74 Å². The lowest BCUT2D eigenvalue weighted by atomic mass is 10.2. The van der Waals surface area contributed by atoms with Gasteiger partial charge in [-0.05, 0) is 45.0 Å². The Morgan fingerprint density at radius 1 is 1.38 bits per heavy atom. The largest absolute Gasteiger partial charge is 0.444 e. The SMILES string of the molecule is CN(c1ccc(F)cc1)C(CN)CNC(=O)OC(C)(C)C. The van der Waals surface area contributed by atoms with Gasteiger partial charge in [0.05, 0.1) is 6.04 Å². The highest BCUT2D eigenvalue weighted by Crippen LogP contribution is 2.15. The Kier molecular flexibility index (Phi) is 5.96. The van der Waals surface area contributed by atoms with Crippen LogP contribution in [0.15, 0.2) is 24.3 Å². The van der Waals surface area contributed by atoms with Crippen molar-refractivity contribution in [3.05, 3.63) is 30.1 Å². The number of carbonyl (C=O) groups excluding carboxylic acids is 1. The molecular formula is C15H24FN3O2. The third kappa shape index (κ3) is 5.99. The summed E-state index contributed by atoms with van der Waals surface area (Å²) in [6.45, 7) is 6.11. The van der Waals surface area contributed by atoms with Crippen molar-refractivity contribution in [3.8, 4) is 0 Å². The lowest BCUT2D eigenvalue weighted by Gasteiger charge is -2.29. The molecule has 1 aromatic carbocycles. The number of alkyl carbamates (subject to hydrolysis) is 1. The molecule has 3 N–H and O–H groups in total. The number of nitrogens with one attached hydrogen (secondary N) is 1. The van der Waals surface area contributed by atoms with Crippen LogP contribution in [0.25, 0.3) is 0 Å². The fourth-order valence-electron chi connectivity index (χ4n) is 1.78. The first-order chi connectivity index (χ1) is 9.73. The first-order valence-electron chi connectivity index (χ1n) is 6.88. The Labute approximate surface area is 125 Å². The molecule has 0 fully saturated rings. The highest BCUT2D eigenvalue weighted by Gasteiger charge is 2.19. The molecule has 0 aliphatic rings. The van der Waals surface area contributed by atoms with E-state index in [4.69, 9.17) is 10.5 Å². The van der Waals surface area contributed by atoms with Crippen LogP contribution in [0, 0.1) is 5.82 Å². The van der Waals surface area contributed by atoms with Gasteiger partial charge in [0.15, 0.2) is 0 Å². The summed E-state index contributed by atoms with van der Waals surface area (Å²) < 4.78 is 18.1. The summed E-state index contributed by atoms with van der Waals surface area (Å²) >= 11 is 0. The first kappa shape index (κ1) is 17.2. The fourth-order valence-corrected chi connectivity index (χ4v) is 1.78. The molecule has 1 unspecified atom stereocenters. The maximum absolute atomic E-state index is 12.9. The predicted molar refractivity (Wildman–Crippen MR) is 81.9 cm³/mol. The van der Waals surface area contributed by atoms with Crippen LogP contribution >= 0.6 is 0 Å². The number of amides is 1. The number of anilines is 1. The molecule has 5 nitrogen and oxygen atoms in total. The van der Waals surface area contributed by atoms with Gasteiger partial charge in [-0.25, -0.2) is 9.18 Å². The number of carbonyl (C=O) groups is 1.